The summed E-state index contributed by atoms with van der Waals surface area (Å²) < 4.78 is 0. The molecule has 1 unspecified atom stereocenters. The van der Waals surface area contributed by atoms with Gasteiger partial charge in [0.1, 0.15) is 0 Å². The smallest absolute Gasteiger partial charge is 0.0342 e. The number of benzene rings is 1. The maximum atomic E-state index is 3.78. The topological polar surface area (TPSA) is 12.0 Å². The molecular formula is C17H19NS2. The van der Waals surface area contributed by atoms with Crippen LogP contribution >= 0.6 is 23.1 Å². The van der Waals surface area contributed by atoms with Crippen molar-refractivity contribution in [3.8, 4) is 0 Å². The fourth-order valence-corrected chi connectivity index (χ4v) is 5.59. The Labute approximate surface area is 128 Å². The van der Waals surface area contributed by atoms with E-state index in [2.05, 4.69) is 35.6 Å². The van der Waals surface area contributed by atoms with Crippen LogP contribution < -0.4 is 5.32 Å². The van der Waals surface area contributed by atoms with E-state index in [1.807, 2.05) is 23.1 Å². The van der Waals surface area contributed by atoms with Gasteiger partial charge in [0.25, 0.3) is 0 Å². The first-order valence-electron chi connectivity index (χ1n) is 7.46. The number of nitrogens with one attached hydrogen (secondary N) is 1. The normalized spacial score (nSPS) is 20.7. The van der Waals surface area contributed by atoms with Gasteiger partial charge in [0.05, 0.1) is 0 Å². The number of hydrogen-bond acceptors (Lipinski definition) is 3. The molecule has 1 aliphatic heterocycles. The summed E-state index contributed by atoms with van der Waals surface area (Å²) in [6.07, 6.45) is 5.21. The maximum Gasteiger partial charge on any atom is 0.0342 e. The number of hydrogen-bond donors (Lipinski definition) is 1. The molecule has 1 atom stereocenters. The predicted molar refractivity (Wildman–Crippen MR) is 87.7 cm³/mol. The third-order valence-corrected chi connectivity index (χ3v) is 6.64. The van der Waals surface area contributed by atoms with Crippen LogP contribution in [0.25, 0.3) is 0 Å². The summed E-state index contributed by atoms with van der Waals surface area (Å²) in [4.78, 5) is 4.62. The molecule has 1 aliphatic carbocycles. The van der Waals surface area contributed by atoms with Crippen molar-refractivity contribution in [3.63, 3.8) is 0 Å². The van der Waals surface area contributed by atoms with Gasteiger partial charge in [-0.2, -0.15) is 0 Å². The van der Waals surface area contributed by atoms with Crippen molar-refractivity contribution in [2.45, 2.75) is 43.2 Å². The zero-order valence-electron chi connectivity index (χ0n) is 11.5. The van der Waals surface area contributed by atoms with E-state index in [0.29, 0.717) is 6.04 Å². The highest BCUT2D eigenvalue weighted by Crippen LogP contribution is 2.36. The van der Waals surface area contributed by atoms with Gasteiger partial charge in [0.15, 0.2) is 0 Å². The molecule has 104 valence electrons. The SMILES string of the molecule is c1ccc2c(c1)SCCC2NCc1cc2c(s1)CCC2. The lowest BCUT2D eigenvalue weighted by molar-refractivity contribution is 0.512. The third-order valence-electron chi connectivity index (χ3n) is 4.28. The molecular weight excluding hydrogens is 282 g/mol. The van der Waals surface area contributed by atoms with E-state index in [1.165, 1.54) is 46.8 Å². The van der Waals surface area contributed by atoms with E-state index < -0.39 is 0 Å². The van der Waals surface area contributed by atoms with E-state index in [1.54, 1.807) is 10.4 Å². The van der Waals surface area contributed by atoms with E-state index >= 15 is 0 Å². The van der Waals surface area contributed by atoms with Crippen LogP contribution in [0.3, 0.4) is 0 Å². The molecule has 2 aliphatic rings. The van der Waals surface area contributed by atoms with Gasteiger partial charge in [-0.1, -0.05) is 18.2 Å². The van der Waals surface area contributed by atoms with E-state index in [9.17, 15) is 0 Å². The number of fused-ring (bicyclic) bond motifs is 2. The van der Waals surface area contributed by atoms with Crippen LogP contribution in [0, 0.1) is 0 Å². The molecule has 1 aromatic carbocycles. The fourth-order valence-electron chi connectivity index (χ4n) is 3.26. The van der Waals surface area contributed by atoms with Crippen LogP contribution in [-0.2, 0) is 19.4 Å². The lowest BCUT2D eigenvalue weighted by atomic mass is 10.0. The number of aryl methyl sites for hydroxylation is 2. The summed E-state index contributed by atoms with van der Waals surface area (Å²) in [6.45, 7) is 1.03. The van der Waals surface area contributed by atoms with Gasteiger partial charge >= 0.3 is 0 Å². The second kappa shape index (κ2) is 5.55. The molecule has 2 heterocycles. The maximum absolute atomic E-state index is 3.78. The van der Waals surface area contributed by atoms with Gasteiger partial charge in [0.2, 0.25) is 0 Å². The van der Waals surface area contributed by atoms with Gasteiger partial charge < -0.3 is 5.32 Å². The molecule has 0 bridgehead atoms. The van der Waals surface area contributed by atoms with Crippen LogP contribution in [0.15, 0.2) is 35.2 Å². The molecule has 0 radical (unpaired) electrons. The Hall–Kier alpha value is -0.770. The second-order valence-electron chi connectivity index (χ2n) is 5.62. The largest absolute Gasteiger partial charge is 0.305 e. The Balaban J connectivity index is 1.47. The predicted octanol–water partition coefficient (Wildman–Crippen LogP) is 4.56. The third kappa shape index (κ3) is 2.43. The molecule has 1 N–H and O–H groups in total. The standard InChI is InChI=1S/C17H19NS2/c1-2-6-17-14(5-1)15(8-9-19-17)18-11-13-10-12-4-3-7-16(12)20-13/h1-2,5-6,10,15,18H,3-4,7-9,11H2. The van der Waals surface area contributed by atoms with Crippen molar-refractivity contribution in [2.24, 2.45) is 0 Å². The minimum Gasteiger partial charge on any atom is -0.305 e. The van der Waals surface area contributed by atoms with Crippen molar-refractivity contribution in [1.29, 1.82) is 0 Å². The van der Waals surface area contributed by atoms with E-state index in [-0.39, 0.29) is 0 Å². The van der Waals surface area contributed by atoms with E-state index in [4.69, 9.17) is 0 Å². The first-order valence-corrected chi connectivity index (χ1v) is 9.26. The Morgan fingerprint density at radius 3 is 3.10 bits per heavy atom. The van der Waals surface area contributed by atoms with E-state index in [0.717, 1.165) is 6.54 Å². The number of rotatable bonds is 3. The zero-order valence-corrected chi connectivity index (χ0v) is 13.2. The molecule has 3 heteroatoms. The number of thioether (sulfide) groups is 1. The molecule has 0 fully saturated rings. The van der Waals surface area contributed by atoms with Crippen molar-refractivity contribution in [3.05, 3.63) is 51.2 Å². The lowest BCUT2D eigenvalue weighted by Crippen LogP contribution is -2.23. The Bertz CT molecular complexity index is 596. The highest BCUT2D eigenvalue weighted by molar-refractivity contribution is 7.99. The van der Waals surface area contributed by atoms with Gasteiger partial charge in [0, 0.05) is 27.2 Å². The van der Waals surface area contributed by atoms with Gasteiger partial charge in [-0.3, -0.25) is 0 Å². The van der Waals surface area contributed by atoms with Crippen LogP contribution in [0.4, 0.5) is 0 Å². The van der Waals surface area contributed by atoms with Crippen molar-refractivity contribution in [1.82, 2.24) is 5.32 Å². The van der Waals surface area contributed by atoms with Gasteiger partial charge in [-0.05, 0) is 54.7 Å². The summed E-state index contributed by atoms with van der Waals surface area (Å²) >= 11 is 4.02. The summed E-state index contributed by atoms with van der Waals surface area (Å²) in [6, 6.07) is 11.8. The Morgan fingerprint density at radius 1 is 1.20 bits per heavy atom. The molecule has 0 amide bonds. The summed E-state index contributed by atoms with van der Waals surface area (Å²) in [7, 11) is 0. The van der Waals surface area contributed by atoms with Crippen molar-refractivity contribution in [2.75, 3.05) is 5.75 Å². The summed E-state index contributed by atoms with van der Waals surface area (Å²) in [5.74, 6) is 1.23. The highest BCUT2D eigenvalue weighted by atomic mass is 32.2. The minimum atomic E-state index is 0.532. The molecule has 1 nitrogen and oxygen atoms in total. The summed E-state index contributed by atoms with van der Waals surface area (Å²) in [5.41, 5.74) is 3.11. The van der Waals surface area contributed by atoms with Crippen LogP contribution in [0.5, 0.6) is 0 Å². The first-order chi connectivity index (χ1) is 9.90. The molecule has 1 aromatic heterocycles. The van der Waals surface area contributed by atoms with Crippen molar-refractivity contribution >= 4 is 23.1 Å². The lowest BCUT2D eigenvalue weighted by Gasteiger charge is -2.25. The quantitative estimate of drug-likeness (QED) is 0.891. The average molecular weight is 301 g/mol. The monoisotopic (exact) mass is 301 g/mol. The molecule has 4 rings (SSSR count). The van der Waals surface area contributed by atoms with Crippen LogP contribution in [0.1, 0.15) is 39.8 Å². The second-order valence-corrected chi connectivity index (χ2v) is 7.98. The average Bonchev–Trinajstić information content (AvgIpc) is 3.06. The Kier molecular flexibility index (Phi) is 3.59. The molecule has 0 spiro atoms. The molecule has 0 saturated heterocycles. The van der Waals surface area contributed by atoms with Crippen LogP contribution in [0.2, 0.25) is 0 Å². The minimum absolute atomic E-state index is 0.532. The molecule has 2 aromatic rings. The van der Waals surface area contributed by atoms with Crippen LogP contribution in [-0.4, -0.2) is 5.75 Å². The Morgan fingerprint density at radius 2 is 2.15 bits per heavy atom. The van der Waals surface area contributed by atoms with Gasteiger partial charge in [-0.15, -0.1) is 23.1 Å². The molecule has 20 heavy (non-hydrogen) atoms. The fraction of sp³-hybridized carbons (Fsp3) is 0.412. The zero-order chi connectivity index (χ0) is 13.4. The molecule has 0 saturated carbocycles. The summed E-state index contributed by atoms with van der Waals surface area (Å²) in [5, 5.41) is 3.78. The van der Waals surface area contributed by atoms with Crippen molar-refractivity contribution < 1.29 is 0 Å². The highest BCUT2D eigenvalue weighted by Gasteiger charge is 2.20. The first kappa shape index (κ1) is 12.9. The number of thiophene rings is 1. The van der Waals surface area contributed by atoms with Gasteiger partial charge in [-0.25, -0.2) is 0 Å².